The van der Waals surface area contributed by atoms with Crippen LogP contribution in [0.1, 0.15) is 45.1 Å². The predicted octanol–water partition coefficient (Wildman–Crippen LogP) is 4.38. The number of ether oxygens (including phenoxy) is 4. The number of carbonyl (C=O) groups is 3. The van der Waals surface area contributed by atoms with E-state index in [1.54, 1.807) is 32.9 Å². The van der Waals surface area contributed by atoms with Crippen molar-refractivity contribution in [2.45, 2.75) is 27.2 Å². The predicted molar refractivity (Wildman–Crippen MR) is 140 cm³/mol. The Bertz CT molecular complexity index is 1280. The molecule has 0 N–H and O–H groups in total. The third-order valence-corrected chi connectivity index (χ3v) is 6.81. The highest BCUT2D eigenvalue weighted by Gasteiger charge is 2.23. The molecular weight excluding hydrogens is 599 g/mol. The van der Waals surface area contributed by atoms with E-state index < -0.39 is 17.7 Å². The number of nitrogens with zero attached hydrogens (tertiary/aromatic N) is 2. The third-order valence-electron chi connectivity index (χ3n) is 4.74. The van der Waals surface area contributed by atoms with Gasteiger partial charge in [-0.15, -0.1) is 11.3 Å². The van der Waals surface area contributed by atoms with Crippen LogP contribution in [-0.2, 0) is 25.5 Å². The molecule has 188 valence electrons. The fraction of sp³-hybridized carbons (Fsp3) is 0.320. The number of thiophene rings is 1. The summed E-state index contributed by atoms with van der Waals surface area (Å²) in [6.45, 7) is 5.11. The van der Waals surface area contributed by atoms with E-state index in [4.69, 9.17) is 18.9 Å². The number of rotatable bonds is 11. The smallest absolute Gasteiger partial charge is 0.348 e. The fourth-order valence-electron chi connectivity index (χ4n) is 3.12. The molecule has 2 aromatic rings. The van der Waals surface area contributed by atoms with Crippen molar-refractivity contribution < 1.29 is 33.3 Å². The van der Waals surface area contributed by atoms with Crippen molar-refractivity contribution in [2.24, 2.45) is 0 Å². The number of halogens is 1. The van der Waals surface area contributed by atoms with Gasteiger partial charge in [-0.25, -0.2) is 9.59 Å². The quantitative estimate of drug-likeness (QED) is 0.155. The van der Waals surface area contributed by atoms with E-state index in [1.165, 1.54) is 13.2 Å². The lowest BCUT2D eigenvalue weighted by molar-refractivity contribution is -0.145. The molecule has 0 radical (unpaired) electrons. The Balaban J connectivity index is 2.34. The first-order valence-corrected chi connectivity index (χ1v) is 12.6. The van der Waals surface area contributed by atoms with Gasteiger partial charge in [-0.3, -0.25) is 4.79 Å². The number of benzene rings is 1. The van der Waals surface area contributed by atoms with E-state index in [0.29, 0.717) is 31.1 Å². The maximum Gasteiger partial charge on any atom is 0.348 e. The molecule has 11 heteroatoms. The minimum Gasteiger partial charge on any atom is -0.493 e. The molecule has 0 amide bonds. The molecule has 0 saturated carbocycles. The van der Waals surface area contributed by atoms with E-state index >= 15 is 0 Å². The lowest BCUT2D eigenvalue weighted by Crippen LogP contribution is -2.15. The average Bonchev–Trinajstić information content (AvgIpc) is 3.16. The van der Waals surface area contributed by atoms with Gasteiger partial charge >= 0.3 is 11.9 Å². The van der Waals surface area contributed by atoms with Crippen molar-refractivity contribution in [1.29, 1.82) is 10.5 Å². The molecule has 0 atom stereocenters. The van der Waals surface area contributed by atoms with Crippen molar-refractivity contribution >= 4 is 57.7 Å². The Labute approximate surface area is 226 Å². The van der Waals surface area contributed by atoms with Crippen LogP contribution < -0.4 is 9.47 Å². The van der Waals surface area contributed by atoms with E-state index in [9.17, 15) is 24.9 Å². The summed E-state index contributed by atoms with van der Waals surface area (Å²) in [4.78, 5) is 37.4. The Morgan fingerprint density at radius 2 is 1.83 bits per heavy atom. The molecule has 0 saturated heterocycles. The lowest BCUT2D eigenvalue weighted by atomic mass is 10.0. The Morgan fingerprint density at radius 1 is 1.14 bits per heavy atom. The van der Waals surface area contributed by atoms with Crippen LogP contribution in [0, 0.1) is 33.2 Å². The highest BCUT2D eigenvalue weighted by Crippen LogP contribution is 2.35. The maximum atomic E-state index is 13.0. The van der Waals surface area contributed by atoms with Gasteiger partial charge in [0.1, 0.15) is 17.0 Å². The normalized spacial score (nSPS) is 10.7. The zero-order valence-corrected chi connectivity index (χ0v) is 23.1. The number of ketones is 1. The second-order valence-corrected chi connectivity index (χ2v) is 9.35. The van der Waals surface area contributed by atoms with Crippen molar-refractivity contribution in [3.05, 3.63) is 47.7 Å². The molecule has 1 aromatic carbocycles. The summed E-state index contributed by atoms with van der Waals surface area (Å²) in [6, 6.07) is 7.18. The van der Waals surface area contributed by atoms with E-state index in [2.05, 4.69) is 0 Å². The van der Waals surface area contributed by atoms with Crippen LogP contribution in [0.3, 0.4) is 0 Å². The van der Waals surface area contributed by atoms with Gasteiger partial charge in [-0.05, 0) is 72.7 Å². The first-order valence-electron chi connectivity index (χ1n) is 10.7. The molecular formula is C25H23IN2O7S. The summed E-state index contributed by atoms with van der Waals surface area (Å²) in [5.41, 5.74) is 1.04. The lowest BCUT2D eigenvalue weighted by Gasteiger charge is -2.13. The zero-order valence-electron chi connectivity index (χ0n) is 20.1. The number of esters is 2. The Morgan fingerprint density at radius 3 is 2.42 bits per heavy atom. The van der Waals surface area contributed by atoms with Gasteiger partial charge in [-0.2, -0.15) is 10.5 Å². The van der Waals surface area contributed by atoms with Gasteiger partial charge in [0, 0.05) is 11.3 Å². The summed E-state index contributed by atoms with van der Waals surface area (Å²) < 4.78 is 21.4. The molecule has 0 aliphatic carbocycles. The molecule has 0 fully saturated rings. The summed E-state index contributed by atoms with van der Waals surface area (Å²) in [5.74, 6) is -0.960. The van der Waals surface area contributed by atoms with Gasteiger partial charge < -0.3 is 18.9 Å². The fourth-order valence-corrected chi connectivity index (χ4v) is 5.04. The van der Waals surface area contributed by atoms with Gasteiger partial charge in [0.2, 0.25) is 0 Å². The maximum absolute atomic E-state index is 13.0. The van der Waals surface area contributed by atoms with E-state index in [0.717, 1.165) is 11.3 Å². The van der Waals surface area contributed by atoms with Crippen molar-refractivity contribution in [3.8, 4) is 23.6 Å². The highest BCUT2D eigenvalue weighted by molar-refractivity contribution is 14.1. The number of methoxy groups -OCH3 is 1. The number of hydrogen-bond donors (Lipinski definition) is 0. The largest absolute Gasteiger partial charge is 0.493 e. The van der Waals surface area contributed by atoms with Crippen LogP contribution in [0.2, 0.25) is 0 Å². The summed E-state index contributed by atoms with van der Waals surface area (Å²) >= 11 is 3.01. The SMILES string of the molecule is CCOC(=O)COc1c(I)cc(/C=C(\C#N)C(=O)Cc2sc(C(=O)OCC)c(C)c2C#N)cc1OC. The number of allylic oxidation sites excluding steroid dienone is 1. The van der Waals surface area contributed by atoms with Crippen LogP contribution in [0.5, 0.6) is 11.5 Å². The molecule has 2 rings (SSSR count). The van der Waals surface area contributed by atoms with Crippen LogP contribution in [0.4, 0.5) is 0 Å². The summed E-state index contributed by atoms with van der Waals surface area (Å²) in [6.07, 6.45) is 1.18. The van der Waals surface area contributed by atoms with Crippen LogP contribution in [0.15, 0.2) is 17.7 Å². The summed E-state index contributed by atoms with van der Waals surface area (Å²) in [5, 5.41) is 19.2. The molecule has 1 aromatic heterocycles. The Kier molecular flexibility index (Phi) is 10.9. The summed E-state index contributed by atoms with van der Waals surface area (Å²) in [7, 11) is 1.43. The molecule has 36 heavy (non-hydrogen) atoms. The molecule has 0 aliphatic rings. The number of hydrogen-bond acceptors (Lipinski definition) is 10. The zero-order chi connectivity index (χ0) is 26.8. The van der Waals surface area contributed by atoms with Crippen LogP contribution in [-0.4, -0.2) is 44.7 Å². The minimum absolute atomic E-state index is 0.138. The first-order chi connectivity index (χ1) is 17.2. The second kappa shape index (κ2) is 13.6. The molecule has 0 bridgehead atoms. The van der Waals surface area contributed by atoms with Gasteiger partial charge in [0.25, 0.3) is 0 Å². The van der Waals surface area contributed by atoms with Gasteiger partial charge in [0.05, 0.1) is 35.0 Å². The van der Waals surface area contributed by atoms with Crippen molar-refractivity contribution in [3.63, 3.8) is 0 Å². The van der Waals surface area contributed by atoms with Crippen molar-refractivity contribution in [2.75, 3.05) is 26.9 Å². The number of nitriles is 2. The van der Waals surface area contributed by atoms with E-state index in [1.807, 2.05) is 34.7 Å². The van der Waals surface area contributed by atoms with Crippen LogP contribution >= 0.6 is 33.9 Å². The molecule has 0 spiro atoms. The number of Topliss-reactive ketones (excluding diaryl/α,β-unsaturated/α-hetero) is 1. The molecule has 0 unspecified atom stereocenters. The minimum atomic E-state index is -0.557. The molecule has 1 heterocycles. The first kappa shape index (κ1) is 28.8. The van der Waals surface area contributed by atoms with E-state index in [-0.39, 0.29) is 42.3 Å². The second-order valence-electron chi connectivity index (χ2n) is 7.08. The molecule has 9 nitrogen and oxygen atoms in total. The Hall–Kier alpha value is -3.42. The average molecular weight is 622 g/mol. The number of carbonyl (C=O) groups excluding carboxylic acids is 3. The monoisotopic (exact) mass is 622 g/mol. The highest BCUT2D eigenvalue weighted by atomic mass is 127. The van der Waals surface area contributed by atoms with Crippen LogP contribution in [0.25, 0.3) is 6.08 Å². The third kappa shape index (κ3) is 7.06. The molecule has 0 aliphatic heterocycles. The topological polar surface area (TPSA) is 136 Å². The van der Waals surface area contributed by atoms with Gasteiger partial charge in [0.15, 0.2) is 23.9 Å². The van der Waals surface area contributed by atoms with Gasteiger partial charge in [-0.1, -0.05) is 0 Å². The standard InChI is InChI=1S/C25H23IN2O7S/c1-5-33-22(30)13-35-23-18(26)8-15(9-20(23)32-4)7-16(11-27)19(29)10-21-17(12-28)14(3)24(36-21)25(31)34-6-2/h7-9H,5-6,10,13H2,1-4H3/b16-7+. The van der Waals surface area contributed by atoms with Crippen molar-refractivity contribution in [1.82, 2.24) is 0 Å².